The molecule has 0 radical (unpaired) electrons. The second-order valence-corrected chi connectivity index (χ2v) is 9.33. The largest absolute Gasteiger partial charge is 0.505 e. The Morgan fingerprint density at radius 1 is 1.00 bits per heavy atom. The van der Waals surface area contributed by atoms with Crippen molar-refractivity contribution < 1.29 is 19.0 Å². The number of fused-ring (bicyclic) bond motifs is 1. The number of cyclic esters (lactones) is 1. The number of aromatic hydroxyl groups is 1. The van der Waals surface area contributed by atoms with Crippen LogP contribution in [0, 0.1) is 29.5 Å². The lowest BCUT2D eigenvalue weighted by Crippen LogP contribution is -2.37. The molecule has 0 aromatic heterocycles. The fraction of sp³-hybridized carbons (Fsp3) is 0.708. The number of ether oxygens (including phenoxy) is 1. The van der Waals surface area contributed by atoms with E-state index in [0.29, 0.717) is 17.9 Å². The second kappa shape index (κ2) is 8.42. The van der Waals surface area contributed by atoms with E-state index in [2.05, 4.69) is 6.92 Å². The molecule has 0 spiro atoms. The Labute approximate surface area is 167 Å². The van der Waals surface area contributed by atoms with Gasteiger partial charge in [-0.15, -0.1) is 0 Å². The maximum absolute atomic E-state index is 14.1. The van der Waals surface area contributed by atoms with E-state index < -0.39 is 17.5 Å². The highest BCUT2D eigenvalue weighted by atomic mass is 19.1. The van der Waals surface area contributed by atoms with Gasteiger partial charge >= 0.3 is 5.97 Å². The van der Waals surface area contributed by atoms with Crippen LogP contribution in [0.3, 0.4) is 0 Å². The number of hydrogen-bond donors (Lipinski definition) is 1. The van der Waals surface area contributed by atoms with Crippen LogP contribution in [-0.4, -0.2) is 17.2 Å². The minimum atomic E-state index is -0.844. The van der Waals surface area contributed by atoms with E-state index in [1.54, 1.807) is 6.07 Å². The van der Waals surface area contributed by atoms with Crippen LogP contribution in [-0.2, 0) is 11.2 Å². The van der Waals surface area contributed by atoms with Crippen molar-refractivity contribution in [3.05, 3.63) is 29.1 Å². The Morgan fingerprint density at radius 2 is 1.61 bits per heavy atom. The summed E-state index contributed by atoms with van der Waals surface area (Å²) in [5.41, 5.74) is 0.599. The lowest BCUT2D eigenvalue weighted by molar-refractivity contribution is -0.00405. The van der Waals surface area contributed by atoms with Gasteiger partial charge in [-0.2, -0.15) is 0 Å². The highest BCUT2D eigenvalue weighted by molar-refractivity contribution is 5.93. The van der Waals surface area contributed by atoms with Gasteiger partial charge in [-0.3, -0.25) is 0 Å². The summed E-state index contributed by atoms with van der Waals surface area (Å²) in [6, 6.07) is 3.01. The zero-order valence-electron chi connectivity index (χ0n) is 17.0. The first-order valence-corrected chi connectivity index (χ1v) is 11.3. The van der Waals surface area contributed by atoms with Crippen molar-refractivity contribution in [1.82, 2.24) is 0 Å². The third-order valence-electron chi connectivity index (χ3n) is 7.69. The third kappa shape index (κ3) is 3.92. The Morgan fingerprint density at radius 3 is 2.25 bits per heavy atom. The molecule has 3 nitrogen and oxygen atoms in total. The fourth-order valence-corrected chi connectivity index (χ4v) is 6.06. The Bertz CT molecular complexity index is 700. The summed E-state index contributed by atoms with van der Waals surface area (Å²) in [5, 5.41) is 9.52. The number of benzene rings is 1. The Balaban J connectivity index is 1.32. The molecule has 0 amide bonds. The molecule has 0 bridgehead atoms. The van der Waals surface area contributed by atoms with Crippen molar-refractivity contribution in [3.8, 4) is 5.75 Å². The van der Waals surface area contributed by atoms with Gasteiger partial charge in [0.2, 0.25) is 0 Å². The molecule has 1 heterocycles. The van der Waals surface area contributed by atoms with Crippen molar-refractivity contribution >= 4 is 5.97 Å². The molecule has 1 unspecified atom stereocenters. The summed E-state index contributed by atoms with van der Waals surface area (Å²) in [7, 11) is 0. The van der Waals surface area contributed by atoms with Crippen LogP contribution in [0.1, 0.15) is 87.1 Å². The SMILES string of the molecule is CCCC1CCC(C2CCC(C3Cc4ccc(O)c(F)c4C(=O)O3)CC2)CC1. The van der Waals surface area contributed by atoms with Crippen LogP contribution in [0.4, 0.5) is 4.39 Å². The molecular formula is C24H33FO3. The van der Waals surface area contributed by atoms with Crippen molar-refractivity contribution in [2.75, 3.05) is 0 Å². The van der Waals surface area contributed by atoms with Gasteiger partial charge in [0.15, 0.2) is 11.6 Å². The lowest BCUT2D eigenvalue weighted by Gasteiger charge is -2.40. The minimum absolute atomic E-state index is 0.0752. The number of esters is 1. The van der Waals surface area contributed by atoms with E-state index >= 15 is 0 Å². The lowest BCUT2D eigenvalue weighted by atomic mass is 9.67. The van der Waals surface area contributed by atoms with Crippen LogP contribution in [0.15, 0.2) is 12.1 Å². The van der Waals surface area contributed by atoms with E-state index in [4.69, 9.17) is 4.74 Å². The normalized spacial score (nSPS) is 33.2. The van der Waals surface area contributed by atoms with Gasteiger partial charge in [0.1, 0.15) is 11.7 Å². The Hall–Kier alpha value is -1.58. The van der Waals surface area contributed by atoms with E-state index in [1.807, 2.05) is 0 Å². The number of hydrogen-bond acceptors (Lipinski definition) is 3. The van der Waals surface area contributed by atoms with Crippen molar-refractivity contribution in [2.45, 2.75) is 83.7 Å². The first kappa shape index (κ1) is 19.7. The molecule has 1 atom stereocenters. The number of carbonyl (C=O) groups is 1. The van der Waals surface area contributed by atoms with E-state index in [9.17, 15) is 14.3 Å². The molecule has 2 aliphatic carbocycles. The summed E-state index contributed by atoms with van der Waals surface area (Å²) in [6.45, 7) is 2.29. The summed E-state index contributed by atoms with van der Waals surface area (Å²) >= 11 is 0. The zero-order valence-corrected chi connectivity index (χ0v) is 17.0. The van der Waals surface area contributed by atoms with Gasteiger partial charge in [-0.25, -0.2) is 9.18 Å². The molecular weight excluding hydrogens is 355 g/mol. The number of rotatable bonds is 4. The number of halogens is 1. The van der Waals surface area contributed by atoms with Gasteiger partial charge in [-0.1, -0.05) is 38.7 Å². The van der Waals surface area contributed by atoms with E-state index in [0.717, 1.165) is 30.6 Å². The van der Waals surface area contributed by atoms with Gasteiger partial charge in [-0.05, 0) is 73.8 Å². The van der Waals surface area contributed by atoms with Crippen molar-refractivity contribution in [2.24, 2.45) is 23.7 Å². The van der Waals surface area contributed by atoms with E-state index in [1.165, 1.54) is 57.4 Å². The minimum Gasteiger partial charge on any atom is -0.505 e. The summed E-state index contributed by atoms with van der Waals surface area (Å²) < 4.78 is 19.7. The number of phenolic OH excluding ortho intramolecular Hbond substituents is 1. The summed E-state index contributed by atoms with van der Waals surface area (Å²) in [6.07, 6.45) is 13.4. The molecule has 1 aromatic carbocycles. The highest BCUT2D eigenvalue weighted by Gasteiger charge is 2.38. The predicted molar refractivity (Wildman–Crippen MR) is 107 cm³/mol. The van der Waals surface area contributed by atoms with Gasteiger partial charge in [0.25, 0.3) is 0 Å². The topological polar surface area (TPSA) is 46.5 Å². The van der Waals surface area contributed by atoms with Crippen LogP contribution in [0.25, 0.3) is 0 Å². The molecule has 1 aromatic rings. The average Bonchev–Trinajstić information content (AvgIpc) is 2.71. The standard InChI is InChI=1S/C24H33FO3/c1-2-3-15-4-6-16(7-5-15)17-8-10-18(11-9-17)21-14-19-12-13-20(26)23(25)22(19)24(27)28-21/h12-13,15-18,21,26H,2-11,14H2,1H3. The molecule has 0 saturated heterocycles. The Kier molecular flexibility index (Phi) is 5.93. The molecule has 4 rings (SSSR count). The number of carbonyl (C=O) groups excluding carboxylic acids is 1. The molecule has 2 saturated carbocycles. The van der Waals surface area contributed by atoms with Gasteiger partial charge in [0.05, 0.1) is 0 Å². The van der Waals surface area contributed by atoms with Crippen molar-refractivity contribution in [1.29, 1.82) is 0 Å². The molecule has 1 N–H and O–H groups in total. The first-order chi connectivity index (χ1) is 13.6. The smallest absolute Gasteiger partial charge is 0.341 e. The predicted octanol–water partition coefficient (Wildman–Crippen LogP) is 6.03. The van der Waals surface area contributed by atoms with Crippen LogP contribution in [0.2, 0.25) is 0 Å². The zero-order chi connectivity index (χ0) is 19.7. The van der Waals surface area contributed by atoms with Crippen LogP contribution < -0.4 is 0 Å². The first-order valence-electron chi connectivity index (χ1n) is 11.3. The quantitative estimate of drug-likeness (QED) is 0.641. The molecule has 28 heavy (non-hydrogen) atoms. The van der Waals surface area contributed by atoms with Gasteiger partial charge in [0, 0.05) is 6.42 Å². The van der Waals surface area contributed by atoms with Crippen molar-refractivity contribution in [3.63, 3.8) is 0 Å². The molecule has 154 valence electrons. The van der Waals surface area contributed by atoms with Crippen LogP contribution >= 0.6 is 0 Å². The number of phenols is 1. The van der Waals surface area contributed by atoms with Gasteiger partial charge < -0.3 is 9.84 Å². The second-order valence-electron chi connectivity index (χ2n) is 9.33. The van der Waals surface area contributed by atoms with E-state index in [-0.39, 0.29) is 11.7 Å². The molecule has 1 aliphatic heterocycles. The monoisotopic (exact) mass is 388 g/mol. The highest BCUT2D eigenvalue weighted by Crippen LogP contribution is 2.44. The fourth-order valence-electron chi connectivity index (χ4n) is 6.06. The summed E-state index contributed by atoms with van der Waals surface area (Å²) in [4.78, 5) is 12.3. The maximum atomic E-state index is 14.1. The summed E-state index contributed by atoms with van der Waals surface area (Å²) in [5.74, 6) is 1.11. The third-order valence-corrected chi connectivity index (χ3v) is 7.69. The van der Waals surface area contributed by atoms with Crippen LogP contribution in [0.5, 0.6) is 5.75 Å². The average molecular weight is 389 g/mol. The molecule has 2 fully saturated rings. The molecule has 3 aliphatic rings. The maximum Gasteiger partial charge on any atom is 0.341 e. The molecule has 4 heteroatoms.